The Morgan fingerprint density at radius 2 is 2.27 bits per heavy atom. The van der Waals surface area contributed by atoms with Crippen LogP contribution in [0.3, 0.4) is 0 Å². The van der Waals surface area contributed by atoms with Crippen molar-refractivity contribution in [2.24, 2.45) is 0 Å². The summed E-state index contributed by atoms with van der Waals surface area (Å²) in [7, 11) is 0. The normalized spacial score (nSPS) is 10.4. The number of carbonyl (C=O) groups is 1. The second-order valence-electron chi connectivity index (χ2n) is 3.13. The predicted molar refractivity (Wildman–Crippen MR) is 47.9 cm³/mol. The molecule has 82 valence electrons. The average molecular weight is 214 g/mol. The molecule has 0 atom stereocenters. The first-order chi connectivity index (χ1) is 6.91. The summed E-state index contributed by atoms with van der Waals surface area (Å²) >= 11 is 0. The van der Waals surface area contributed by atoms with Crippen molar-refractivity contribution in [3.05, 3.63) is 22.5 Å². The Morgan fingerprint density at radius 1 is 1.67 bits per heavy atom. The monoisotopic (exact) mass is 214 g/mol. The third-order valence-corrected chi connectivity index (χ3v) is 1.68. The molecule has 0 aromatic carbocycles. The number of rotatable bonds is 2. The minimum absolute atomic E-state index is 0.253. The van der Waals surface area contributed by atoms with Crippen molar-refractivity contribution < 1.29 is 14.3 Å². The lowest BCUT2D eigenvalue weighted by Crippen LogP contribution is -2.32. The molecule has 0 radical (unpaired) electrons. The first-order valence-electron chi connectivity index (χ1n) is 4.18. The van der Waals surface area contributed by atoms with Gasteiger partial charge < -0.3 is 15.2 Å². The van der Waals surface area contributed by atoms with Crippen LogP contribution in [0.15, 0.2) is 11.0 Å². The maximum atomic E-state index is 13.2. The first-order valence-corrected chi connectivity index (χ1v) is 4.18. The van der Waals surface area contributed by atoms with Gasteiger partial charge in [-0.05, 0) is 13.8 Å². The van der Waals surface area contributed by atoms with Crippen molar-refractivity contribution in [1.29, 1.82) is 0 Å². The molecule has 0 aliphatic heterocycles. The van der Waals surface area contributed by atoms with Gasteiger partial charge in [0.2, 0.25) is 0 Å². The van der Waals surface area contributed by atoms with Crippen molar-refractivity contribution in [1.82, 2.24) is 9.55 Å². The second kappa shape index (κ2) is 4.07. The zero-order valence-corrected chi connectivity index (χ0v) is 8.15. The van der Waals surface area contributed by atoms with Crippen LogP contribution in [0.4, 0.5) is 15.0 Å². The van der Waals surface area contributed by atoms with E-state index in [2.05, 4.69) is 4.98 Å². The first kappa shape index (κ1) is 11.2. The fourth-order valence-electron chi connectivity index (χ4n) is 1.000. The van der Waals surface area contributed by atoms with E-state index in [1.165, 1.54) is 0 Å². The Hall–Kier alpha value is -1.92. The summed E-state index contributed by atoms with van der Waals surface area (Å²) in [4.78, 5) is 24.6. The molecule has 0 aliphatic carbocycles. The molecule has 1 aromatic heterocycles. The van der Waals surface area contributed by atoms with Crippen LogP contribution in [0.25, 0.3) is 0 Å². The maximum absolute atomic E-state index is 13.2. The van der Waals surface area contributed by atoms with E-state index in [4.69, 9.17) is 0 Å². The Morgan fingerprint density at radius 3 is 2.73 bits per heavy atom. The van der Waals surface area contributed by atoms with Crippen molar-refractivity contribution in [2.45, 2.75) is 19.9 Å². The van der Waals surface area contributed by atoms with Crippen LogP contribution in [0.1, 0.15) is 19.9 Å². The number of aromatic nitrogens is 2. The third kappa shape index (κ3) is 2.52. The molecule has 6 nitrogen and oxygen atoms in total. The molecule has 0 spiro atoms. The predicted octanol–water partition coefficient (Wildman–Crippen LogP) is -0.282. The number of carboxylic acid groups (broad SMARTS) is 1. The molecule has 0 aliphatic rings. The number of nitrogens with one attached hydrogen (secondary N) is 1. The fraction of sp³-hybridized carbons (Fsp3) is 0.375. The number of amides is 1. The lowest BCUT2D eigenvalue weighted by atomic mass is 10.4. The lowest BCUT2D eigenvalue weighted by molar-refractivity contribution is -0.242. The van der Waals surface area contributed by atoms with E-state index in [0.717, 1.165) is 10.8 Å². The summed E-state index contributed by atoms with van der Waals surface area (Å²) in [6.45, 7) is 3.35. The lowest BCUT2D eigenvalue weighted by Gasteiger charge is -2.11. The average Bonchev–Trinajstić information content (AvgIpc) is 2.09. The number of halogens is 1. The zero-order chi connectivity index (χ0) is 11.6. The molecule has 15 heavy (non-hydrogen) atoms. The van der Waals surface area contributed by atoms with Crippen molar-refractivity contribution in [2.75, 3.05) is 5.32 Å². The topological polar surface area (TPSA) is 87.1 Å². The molecule has 0 bridgehead atoms. The number of hydrogen-bond donors (Lipinski definition) is 1. The van der Waals surface area contributed by atoms with Crippen LogP contribution >= 0.6 is 0 Å². The van der Waals surface area contributed by atoms with E-state index < -0.39 is 23.4 Å². The van der Waals surface area contributed by atoms with Crippen molar-refractivity contribution >= 4 is 11.9 Å². The van der Waals surface area contributed by atoms with Crippen molar-refractivity contribution in [3.63, 3.8) is 0 Å². The van der Waals surface area contributed by atoms with Crippen molar-refractivity contribution in [3.8, 4) is 0 Å². The van der Waals surface area contributed by atoms with E-state index >= 15 is 0 Å². The van der Waals surface area contributed by atoms with Gasteiger partial charge in [0.05, 0.1) is 0 Å². The van der Waals surface area contributed by atoms with Gasteiger partial charge in [0, 0.05) is 12.2 Å². The summed E-state index contributed by atoms with van der Waals surface area (Å²) in [5.41, 5.74) is -0.727. The van der Waals surface area contributed by atoms with E-state index in [9.17, 15) is 19.1 Å². The summed E-state index contributed by atoms with van der Waals surface area (Å²) in [5.74, 6) is -1.57. The highest BCUT2D eigenvalue weighted by Gasteiger charge is 2.09. The minimum Gasteiger partial charge on any atom is -0.530 e. The van der Waals surface area contributed by atoms with Crippen LogP contribution in [0.2, 0.25) is 0 Å². The Bertz CT molecular complexity index is 441. The largest absolute Gasteiger partial charge is 0.530 e. The quantitative estimate of drug-likeness (QED) is 0.733. The highest BCUT2D eigenvalue weighted by molar-refractivity contribution is 5.79. The number of nitrogens with zero attached hydrogens (tertiary/aromatic N) is 2. The van der Waals surface area contributed by atoms with Gasteiger partial charge in [-0.25, -0.2) is 9.18 Å². The van der Waals surface area contributed by atoms with Crippen LogP contribution in [0, 0.1) is 5.82 Å². The van der Waals surface area contributed by atoms with Gasteiger partial charge in [-0.1, -0.05) is 0 Å². The molecular weight excluding hydrogens is 205 g/mol. The smallest absolute Gasteiger partial charge is 0.349 e. The molecule has 1 aromatic rings. The third-order valence-electron chi connectivity index (χ3n) is 1.68. The van der Waals surface area contributed by atoms with Gasteiger partial charge >= 0.3 is 5.69 Å². The zero-order valence-electron chi connectivity index (χ0n) is 8.15. The Balaban J connectivity index is 3.20. The molecule has 0 saturated heterocycles. The number of anilines is 1. The summed E-state index contributed by atoms with van der Waals surface area (Å²) in [6, 6.07) is -0.253. The van der Waals surface area contributed by atoms with Gasteiger partial charge in [-0.2, -0.15) is 4.98 Å². The molecule has 1 rings (SSSR count). The fourth-order valence-corrected chi connectivity index (χ4v) is 1.000. The summed E-state index contributed by atoms with van der Waals surface area (Å²) in [6.07, 6.45) is -0.825. The van der Waals surface area contributed by atoms with Gasteiger partial charge in [0.1, 0.15) is 6.09 Å². The van der Waals surface area contributed by atoms with Gasteiger partial charge in [-0.15, -0.1) is 0 Å². The summed E-state index contributed by atoms with van der Waals surface area (Å²) < 4.78 is 14.2. The molecule has 1 amide bonds. The molecule has 0 unspecified atom stereocenters. The summed E-state index contributed by atoms with van der Waals surface area (Å²) in [5, 5.41) is 11.7. The van der Waals surface area contributed by atoms with E-state index in [1.807, 2.05) is 0 Å². The van der Waals surface area contributed by atoms with Crippen LogP contribution in [-0.4, -0.2) is 15.6 Å². The highest BCUT2D eigenvalue weighted by atomic mass is 19.1. The second-order valence-corrected chi connectivity index (χ2v) is 3.13. The van der Waals surface area contributed by atoms with Crippen LogP contribution < -0.4 is 16.1 Å². The molecular formula is C8H9FN3O3-. The van der Waals surface area contributed by atoms with Gasteiger partial charge in [0.15, 0.2) is 11.6 Å². The van der Waals surface area contributed by atoms with E-state index in [1.54, 1.807) is 19.2 Å². The Labute approximate surface area is 84.4 Å². The van der Waals surface area contributed by atoms with Crippen LogP contribution in [0.5, 0.6) is 0 Å². The SMILES string of the molecule is CC(C)n1cc(F)c(NC(=O)[O-])nc1=O. The van der Waals surface area contributed by atoms with E-state index in [0.29, 0.717) is 0 Å². The molecule has 0 fully saturated rings. The Kier molecular flexibility index (Phi) is 3.03. The molecule has 7 heteroatoms. The molecule has 1 heterocycles. The van der Waals surface area contributed by atoms with Crippen LogP contribution in [-0.2, 0) is 0 Å². The minimum atomic E-state index is -1.72. The maximum Gasteiger partial charge on any atom is 0.349 e. The standard InChI is InChI=1S/C8H10FN3O3/c1-4(2)12-3-5(9)6(10-7(12)13)11-8(14)15/h3-4H,1-2H3,(H,14,15)(H,10,11,13)/p-1. The van der Waals surface area contributed by atoms with E-state index in [-0.39, 0.29) is 6.04 Å². The molecule has 0 saturated carbocycles. The van der Waals surface area contributed by atoms with Gasteiger partial charge in [0.25, 0.3) is 0 Å². The number of hydrogen-bond acceptors (Lipinski definition) is 4. The van der Waals surface area contributed by atoms with Gasteiger partial charge in [-0.3, -0.25) is 4.57 Å². The molecule has 1 N–H and O–H groups in total. The number of carbonyl (C=O) groups excluding carboxylic acids is 1. The highest BCUT2D eigenvalue weighted by Crippen LogP contribution is 2.08.